The Kier molecular flexibility index (Phi) is 6.56. The normalized spacial score (nSPS) is 12.1. The lowest BCUT2D eigenvalue weighted by molar-refractivity contribution is 0.895. The van der Waals surface area contributed by atoms with Crippen molar-refractivity contribution in [3.63, 3.8) is 0 Å². The molecule has 0 aliphatic carbocycles. The second-order valence-electron chi connectivity index (χ2n) is 2.55. The predicted octanol–water partition coefficient (Wildman–Crippen LogP) is 3.05. The van der Waals surface area contributed by atoms with E-state index >= 15 is 0 Å². The minimum absolute atomic E-state index is 1.02. The second-order valence-corrected chi connectivity index (χ2v) is 2.55. The lowest BCUT2D eigenvalue weighted by Crippen LogP contribution is -1.96. The van der Waals surface area contributed by atoms with Crippen molar-refractivity contribution in [2.24, 2.45) is 4.99 Å². The quantitative estimate of drug-likeness (QED) is 0.522. The zero-order valence-electron chi connectivity index (χ0n) is 7.48. The Morgan fingerprint density at radius 1 is 1.10 bits per heavy atom. The van der Waals surface area contributed by atoms with Gasteiger partial charge in [-0.15, -0.1) is 0 Å². The van der Waals surface area contributed by atoms with E-state index in [0.29, 0.717) is 0 Å². The fourth-order valence-corrected chi connectivity index (χ4v) is 0.926. The molecule has 0 rings (SSSR count). The van der Waals surface area contributed by atoms with Crippen LogP contribution < -0.4 is 0 Å². The van der Waals surface area contributed by atoms with Crippen LogP contribution in [-0.2, 0) is 0 Å². The van der Waals surface area contributed by atoms with Gasteiger partial charge >= 0.3 is 0 Å². The van der Waals surface area contributed by atoms with Gasteiger partial charge in [0.1, 0.15) is 0 Å². The standard InChI is InChI=1S/C9H19N/c1-4-7-9(6-3)10-8-5-2/h4-8H2,1-3H3. The summed E-state index contributed by atoms with van der Waals surface area (Å²) in [5.74, 6) is 0. The second kappa shape index (κ2) is 6.79. The first kappa shape index (κ1) is 9.67. The van der Waals surface area contributed by atoms with Crippen LogP contribution in [0.5, 0.6) is 0 Å². The largest absolute Gasteiger partial charge is 0.294 e. The molecule has 0 saturated heterocycles. The Bertz CT molecular complexity index is 94.9. The monoisotopic (exact) mass is 141 g/mol. The van der Waals surface area contributed by atoms with E-state index in [-0.39, 0.29) is 0 Å². The van der Waals surface area contributed by atoms with E-state index < -0.39 is 0 Å². The molecule has 0 fully saturated rings. The van der Waals surface area contributed by atoms with Crippen molar-refractivity contribution in [2.75, 3.05) is 6.54 Å². The maximum absolute atomic E-state index is 4.47. The molecular weight excluding hydrogens is 122 g/mol. The van der Waals surface area contributed by atoms with Crippen LogP contribution in [0.1, 0.15) is 46.5 Å². The molecule has 10 heavy (non-hydrogen) atoms. The molecule has 0 atom stereocenters. The van der Waals surface area contributed by atoms with E-state index in [9.17, 15) is 0 Å². The van der Waals surface area contributed by atoms with Gasteiger partial charge in [0, 0.05) is 12.3 Å². The molecule has 0 aromatic rings. The van der Waals surface area contributed by atoms with Gasteiger partial charge in [0.2, 0.25) is 0 Å². The number of rotatable bonds is 5. The summed E-state index contributed by atoms with van der Waals surface area (Å²) < 4.78 is 0. The van der Waals surface area contributed by atoms with Gasteiger partial charge in [-0.25, -0.2) is 0 Å². The third kappa shape index (κ3) is 4.54. The van der Waals surface area contributed by atoms with Gasteiger partial charge in [0.05, 0.1) is 0 Å². The maximum atomic E-state index is 4.47. The summed E-state index contributed by atoms with van der Waals surface area (Å²) in [4.78, 5) is 4.47. The van der Waals surface area contributed by atoms with Crippen molar-refractivity contribution in [3.8, 4) is 0 Å². The Labute approximate surface area is 64.6 Å². The lowest BCUT2D eigenvalue weighted by Gasteiger charge is -1.99. The summed E-state index contributed by atoms with van der Waals surface area (Å²) in [7, 11) is 0. The highest BCUT2D eigenvalue weighted by Crippen LogP contribution is 1.97. The lowest BCUT2D eigenvalue weighted by atomic mass is 10.2. The molecular formula is C9H19N. The van der Waals surface area contributed by atoms with Crippen molar-refractivity contribution in [2.45, 2.75) is 46.5 Å². The molecule has 1 heteroatoms. The zero-order chi connectivity index (χ0) is 7.82. The van der Waals surface area contributed by atoms with Crippen molar-refractivity contribution in [1.29, 1.82) is 0 Å². The van der Waals surface area contributed by atoms with Gasteiger partial charge in [-0.1, -0.05) is 27.2 Å². The number of hydrogen-bond acceptors (Lipinski definition) is 1. The fourth-order valence-electron chi connectivity index (χ4n) is 0.926. The topological polar surface area (TPSA) is 12.4 Å². The van der Waals surface area contributed by atoms with Gasteiger partial charge in [-0.05, 0) is 19.3 Å². The molecule has 0 saturated carbocycles. The smallest absolute Gasteiger partial charge is 0.0386 e. The van der Waals surface area contributed by atoms with E-state index in [1.807, 2.05) is 0 Å². The average Bonchev–Trinajstić information content (AvgIpc) is 1.98. The molecule has 1 nitrogen and oxygen atoms in total. The highest BCUT2D eigenvalue weighted by atomic mass is 14.7. The Morgan fingerprint density at radius 2 is 1.80 bits per heavy atom. The van der Waals surface area contributed by atoms with Crippen LogP contribution in [0.3, 0.4) is 0 Å². The minimum atomic E-state index is 1.02. The highest BCUT2D eigenvalue weighted by Gasteiger charge is 1.91. The van der Waals surface area contributed by atoms with Crippen LogP contribution in [0.25, 0.3) is 0 Å². The highest BCUT2D eigenvalue weighted by molar-refractivity contribution is 5.84. The first-order valence-electron chi connectivity index (χ1n) is 4.37. The summed E-state index contributed by atoms with van der Waals surface area (Å²) in [6, 6.07) is 0. The third-order valence-corrected chi connectivity index (χ3v) is 1.51. The van der Waals surface area contributed by atoms with E-state index in [0.717, 1.165) is 13.0 Å². The minimum Gasteiger partial charge on any atom is -0.294 e. The van der Waals surface area contributed by atoms with Gasteiger partial charge < -0.3 is 0 Å². The molecule has 0 bridgehead atoms. The molecule has 0 heterocycles. The van der Waals surface area contributed by atoms with Crippen LogP contribution in [0.2, 0.25) is 0 Å². The molecule has 0 aromatic heterocycles. The van der Waals surface area contributed by atoms with E-state index in [4.69, 9.17) is 0 Å². The van der Waals surface area contributed by atoms with Crippen LogP contribution in [0.4, 0.5) is 0 Å². The van der Waals surface area contributed by atoms with Crippen LogP contribution in [-0.4, -0.2) is 12.3 Å². The molecule has 0 N–H and O–H groups in total. The summed E-state index contributed by atoms with van der Waals surface area (Å²) in [5.41, 5.74) is 1.39. The van der Waals surface area contributed by atoms with E-state index in [2.05, 4.69) is 25.8 Å². The Morgan fingerprint density at radius 3 is 2.20 bits per heavy atom. The van der Waals surface area contributed by atoms with E-state index in [1.165, 1.54) is 25.0 Å². The van der Waals surface area contributed by atoms with Gasteiger partial charge in [0.25, 0.3) is 0 Å². The predicted molar refractivity (Wildman–Crippen MR) is 47.8 cm³/mol. The number of nitrogens with zero attached hydrogens (tertiary/aromatic N) is 1. The summed E-state index contributed by atoms with van der Waals surface area (Å²) in [6.07, 6.45) is 4.73. The SMILES string of the molecule is CCCN=C(CC)CCC. The molecule has 0 radical (unpaired) electrons. The van der Waals surface area contributed by atoms with Gasteiger partial charge in [0.15, 0.2) is 0 Å². The summed E-state index contributed by atoms with van der Waals surface area (Å²) in [5, 5.41) is 0. The van der Waals surface area contributed by atoms with Gasteiger partial charge in [-0.2, -0.15) is 0 Å². The van der Waals surface area contributed by atoms with Crippen molar-refractivity contribution >= 4 is 5.71 Å². The summed E-state index contributed by atoms with van der Waals surface area (Å²) in [6.45, 7) is 7.58. The van der Waals surface area contributed by atoms with Crippen LogP contribution >= 0.6 is 0 Å². The molecule has 0 aromatic carbocycles. The molecule has 60 valence electrons. The van der Waals surface area contributed by atoms with Gasteiger partial charge in [-0.3, -0.25) is 4.99 Å². The van der Waals surface area contributed by atoms with Crippen LogP contribution in [0, 0.1) is 0 Å². The van der Waals surface area contributed by atoms with Crippen LogP contribution in [0.15, 0.2) is 4.99 Å². The zero-order valence-corrected chi connectivity index (χ0v) is 7.48. The Hall–Kier alpha value is -0.330. The van der Waals surface area contributed by atoms with Crippen molar-refractivity contribution in [1.82, 2.24) is 0 Å². The average molecular weight is 141 g/mol. The fraction of sp³-hybridized carbons (Fsp3) is 0.889. The van der Waals surface area contributed by atoms with E-state index in [1.54, 1.807) is 0 Å². The first-order chi connectivity index (χ1) is 4.85. The third-order valence-electron chi connectivity index (χ3n) is 1.51. The van der Waals surface area contributed by atoms with Crippen molar-refractivity contribution < 1.29 is 0 Å². The molecule has 0 unspecified atom stereocenters. The Balaban J connectivity index is 3.55. The molecule has 0 amide bonds. The molecule has 0 spiro atoms. The number of aliphatic imine (C=N–C) groups is 1. The molecule has 0 aliphatic heterocycles. The molecule has 0 aliphatic rings. The first-order valence-corrected chi connectivity index (χ1v) is 4.37. The van der Waals surface area contributed by atoms with Crippen molar-refractivity contribution in [3.05, 3.63) is 0 Å². The maximum Gasteiger partial charge on any atom is 0.0386 e. The number of hydrogen-bond donors (Lipinski definition) is 0. The summed E-state index contributed by atoms with van der Waals surface area (Å²) >= 11 is 0.